The molecule has 0 saturated heterocycles. The number of ether oxygens (including phenoxy) is 3. The maximum atomic E-state index is 12.7. The third kappa shape index (κ3) is 7.32. The molecule has 0 bridgehead atoms. The number of carbonyl (C=O) groups excluding carboxylic acids is 1. The molecule has 0 spiro atoms. The van der Waals surface area contributed by atoms with Crippen molar-refractivity contribution in [3.63, 3.8) is 0 Å². The molecule has 1 aromatic heterocycles. The number of hydrogen-bond donors (Lipinski definition) is 1. The van der Waals surface area contributed by atoms with Crippen LogP contribution in [0.5, 0.6) is 17.2 Å². The van der Waals surface area contributed by atoms with Crippen molar-refractivity contribution >= 4 is 17.7 Å². The molecule has 204 valence electrons. The number of hydrogen-bond acceptors (Lipinski definition) is 7. The van der Waals surface area contributed by atoms with E-state index in [1.807, 2.05) is 53.1 Å². The lowest BCUT2D eigenvalue weighted by atomic mass is 10.1. The van der Waals surface area contributed by atoms with Gasteiger partial charge in [0, 0.05) is 6.54 Å². The third-order valence-electron chi connectivity index (χ3n) is 6.37. The van der Waals surface area contributed by atoms with Gasteiger partial charge in [0.25, 0.3) is 0 Å². The molecule has 1 unspecified atom stereocenters. The number of benzene rings is 3. The SMILES string of the molecule is CCc1ccc(OCc2nnc(SCC(=O)NCc3ccc(OC)c(OC)c3)n2C(C)c2ccccc2)cc1. The molecule has 1 amide bonds. The predicted octanol–water partition coefficient (Wildman–Crippen LogP) is 5.45. The van der Waals surface area contributed by atoms with Gasteiger partial charge in [-0.1, -0.05) is 67.2 Å². The Morgan fingerprint density at radius 1 is 0.949 bits per heavy atom. The molecule has 0 aliphatic rings. The number of nitrogens with one attached hydrogen (secondary N) is 1. The van der Waals surface area contributed by atoms with Gasteiger partial charge in [0.15, 0.2) is 22.5 Å². The Hall–Kier alpha value is -3.98. The average molecular weight is 547 g/mol. The normalized spacial score (nSPS) is 11.6. The highest BCUT2D eigenvalue weighted by Crippen LogP contribution is 2.28. The zero-order valence-corrected chi connectivity index (χ0v) is 23.5. The summed E-state index contributed by atoms with van der Waals surface area (Å²) in [5, 5.41) is 12.5. The van der Waals surface area contributed by atoms with Crippen LogP contribution in [0.15, 0.2) is 78.0 Å². The molecule has 8 nitrogen and oxygen atoms in total. The fourth-order valence-electron chi connectivity index (χ4n) is 4.12. The largest absolute Gasteiger partial charge is 0.493 e. The number of amides is 1. The minimum absolute atomic E-state index is 0.0420. The molecule has 0 aliphatic carbocycles. The Morgan fingerprint density at radius 3 is 2.36 bits per heavy atom. The maximum Gasteiger partial charge on any atom is 0.230 e. The van der Waals surface area contributed by atoms with Crippen molar-refractivity contribution < 1.29 is 19.0 Å². The predicted molar refractivity (Wildman–Crippen MR) is 153 cm³/mol. The van der Waals surface area contributed by atoms with E-state index in [1.165, 1.54) is 17.3 Å². The zero-order valence-electron chi connectivity index (χ0n) is 22.7. The van der Waals surface area contributed by atoms with Crippen LogP contribution in [0.2, 0.25) is 0 Å². The van der Waals surface area contributed by atoms with Crippen LogP contribution >= 0.6 is 11.8 Å². The number of aromatic nitrogens is 3. The molecule has 9 heteroatoms. The summed E-state index contributed by atoms with van der Waals surface area (Å²) in [6.07, 6.45) is 0.978. The Labute approximate surface area is 233 Å². The lowest BCUT2D eigenvalue weighted by Gasteiger charge is -2.19. The van der Waals surface area contributed by atoms with Crippen molar-refractivity contribution in [2.75, 3.05) is 20.0 Å². The minimum atomic E-state index is -0.106. The smallest absolute Gasteiger partial charge is 0.230 e. The first-order chi connectivity index (χ1) is 19.0. The quantitative estimate of drug-likeness (QED) is 0.223. The Bertz CT molecular complexity index is 1360. The van der Waals surface area contributed by atoms with E-state index < -0.39 is 0 Å². The molecule has 1 heterocycles. The molecule has 0 aliphatic heterocycles. The highest BCUT2D eigenvalue weighted by Gasteiger charge is 2.20. The number of aryl methyl sites for hydroxylation is 1. The molecule has 0 radical (unpaired) electrons. The first-order valence-electron chi connectivity index (χ1n) is 12.8. The van der Waals surface area contributed by atoms with Gasteiger partial charge < -0.3 is 19.5 Å². The molecular weight excluding hydrogens is 512 g/mol. The summed E-state index contributed by atoms with van der Waals surface area (Å²) >= 11 is 1.35. The van der Waals surface area contributed by atoms with Crippen LogP contribution in [0.3, 0.4) is 0 Å². The van der Waals surface area contributed by atoms with Crippen molar-refractivity contribution in [2.45, 2.75) is 44.6 Å². The second-order valence-corrected chi connectivity index (χ2v) is 9.84. The second kappa shape index (κ2) is 13.7. The second-order valence-electron chi connectivity index (χ2n) is 8.90. The van der Waals surface area contributed by atoms with E-state index in [1.54, 1.807) is 14.2 Å². The number of nitrogens with zero attached hydrogens (tertiary/aromatic N) is 3. The molecule has 4 rings (SSSR count). The highest BCUT2D eigenvalue weighted by molar-refractivity contribution is 7.99. The Kier molecular flexibility index (Phi) is 9.85. The van der Waals surface area contributed by atoms with E-state index in [9.17, 15) is 4.79 Å². The number of methoxy groups -OCH3 is 2. The van der Waals surface area contributed by atoms with E-state index in [-0.39, 0.29) is 24.3 Å². The van der Waals surface area contributed by atoms with Gasteiger partial charge in [0.1, 0.15) is 12.4 Å². The van der Waals surface area contributed by atoms with E-state index in [0.29, 0.717) is 29.0 Å². The monoisotopic (exact) mass is 546 g/mol. The van der Waals surface area contributed by atoms with Crippen LogP contribution in [0, 0.1) is 0 Å². The Balaban J connectivity index is 1.44. The van der Waals surface area contributed by atoms with Gasteiger partial charge in [0.2, 0.25) is 5.91 Å². The summed E-state index contributed by atoms with van der Waals surface area (Å²) in [5.41, 5.74) is 3.29. The molecule has 4 aromatic rings. The van der Waals surface area contributed by atoms with Gasteiger partial charge in [0.05, 0.1) is 26.0 Å². The topological polar surface area (TPSA) is 87.5 Å². The lowest BCUT2D eigenvalue weighted by molar-refractivity contribution is -0.118. The molecular formula is C30H34N4O4S. The summed E-state index contributed by atoms with van der Waals surface area (Å²) in [5.74, 6) is 2.83. The summed E-state index contributed by atoms with van der Waals surface area (Å²) in [7, 11) is 3.18. The minimum Gasteiger partial charge on any atom is -0.493 e. The van der Waals surface area contributed by atoms with E-state index >= 15 is 0 Å². The van der Waals surface area contributed by atoms with Gasteiger partial charge in [-0.05, 0) is 54.3 Å². The molecule has 0 saturated carbocycles. The molecule has 3 aromatic carbocycles. The average Bonchev–Trinajstić information content (AvgIpc) is 3.40. The van der Waals surface area contributed by atoms with E-state index in [4.69, 9.17) is 14.2 Å². The summed E-state index contributed by atoms with van der Waals surface area (Å²) in [6, 6.07) is 23.8. The van der Waals surface area contributed by atoms with Gasteiger partial charge in [-0.25, -0.2) is 0 Å². The van der Waals surface area contributed by atoms with Crippen LogP contribution in [-0.4, -0.2) is 40.6 Å². The highest BCUT2D eigenvalue weighted by atomic mass is 32.2. The van der Waals surface area contributed by atoms with Crippen molar-refractivity contribution in [3.05, 3.63) is 95.3 Å². The summed E-state index contributed by atoms with van der Waals surface area (Å²) in [4.78, 5) is 12.7. The van der Waals surface area contributed by atoms with Crippen LogP contribution in [-0.2, 0) is 24.4 Å². The van der Waals surface area contributed by atoms with Crippen LogP contribution in [0.4, 0.5) is 0 Å². The van der Waals surface area contributed by atoms with Gasteiger partial charge in [-0.2, -0.15) is 0 Å². The number of rotatable bonds is 13. The van der Waals surface area contributed by atoms with E-state index in [2.05, 4.69) is 53.6 Å². The summed E-state index contributed by atoms with van der Waals surface area (Å²) < 4.78 is 18.7. The van der Waals surface area contributed by atoms with Crippen LogP contribution < -0.4 is 19.5 Å². The van der Waals surface area contributed by atoms with Crippen molar-refractivity contribution in [2.24, 2.45) is 0 Å². The molecule has 39 heavy (non-hydrogen) atoms. The van der Waals surface area contributed by atoms with Gasteiger partial charge in [-0.3, -0.25) is 9.36 Å². The fraction of sp³-hybridized carbons (Fsp3) is 0.300. The molecule has 0 fully saturated rings. The first kappa shape index (κ1) is 28.0. The van der Waals surface area contributed by atoms with Crippen molar-refractivity contribution in [3.8, 4) is 17.2 Å². The Morgan fingerprint density at radius 2 is 1.67 bits per heavy atom. The number of carbonyl (C=O) groups is 1. The van der Waals surface area contributed by atoms with Crippen LogP contribution in [0.25, 0.3) is 0 Å². The maximum absolute atomic E-state index is 12.7. The van der Waals surface area contributed by atoms with Crippen LogP contribution in [0.1, 0.15) is 42.4 Å². The molecule has 1 atom stereocenters. The lowest BCUT2D eigenvalue weighted by Crippen LogP contribution is -2.25. The standard InChI is InChI=1S/C30H34N4O4S/c1-5-22-11-14-25(15-12-22)38-19-28-32-33-30(34(28)21(2)24-9-7-6-8-10-24)39-20-29(35)31-18-23-13-16-26(36-3)27(17-23)37-4/h6-17,21H,5,18-20H2,1-4H3,(H,31,35). The number of thioether (sulfide) groups is 1. The molecule has 1 N–H and O–H groups in total. The van der Waals surface area contributed by atoms with Crippen molar-refractivity contribution in [1.29, 1.82) is 0 Å². The first-order valence-corrected chi connectivity index (χ1v) is 13.8. The van der Waals surface area contributed by atoms with Crippen molar-refractivity contribution in [1.82, 2.24) is 20.1 Å². The zero-order chi connectivity index (χ0) is 27.6. The summed E-state index contributed by atoms with van der Waals surface area (Å²) in [6.45, 7) is 4.86. The van der Waals surface area contributed by atoms with E-state index in [0.717, 1.165) is 23.3 Å². The third-order valence-corrected chi connectivity index (χ3v) is 7.32. The fourth-order valence-corrected chi connectivity index (χ4v) is 4.98. The van der Waals surface area contributed by atoms with Gasteiger partial charge >= 0.3 is 0 Å². The van der Waals surface area contributed by atoms with Gasteiger partial charge in [-0.15, -0.1) is 10.2 Å².